The molecule has 0 aromatic heterocycles. The van der Waals surface area contributed by atoms with Gasteiger partial charge in [0, 0.05) is 6.54 Å². The Morgan fingerprint density at radius 2 is 1.64 bits per heavy atom. The van der Waals surface area contributed by atoms with Crippen LogP contribution in [0.4, 0.5) is 0 Å². The molecule has 0 fully saturated rings. The minimum absolute atomic E-state index is 0.148. The van der Waals surface area contributed by atoms with Crippen molar-refractivity contribution in [3.8, 4) is 5.75 Å². The molecule has 2 aromatic rings. The van der Waals surface area contributed by atoms with Gasteiger partial charge in [-0.2, -0.15) is 4.72 Å². The molecule has 0 radical (unpaired) electrons. The summed E-state index contributed by atoms with van der Waals surface area (Å²) in [6.07, 6.45) is 0.402. The van der Waals surface area contributed by atoms with Crippen molar-refractivity contribution in [2.45, 2.75) is 44.7 Å². The average molecular weight is 405 g/mol. The number of nitrogens with one attached hydrogen (secondary N) is 2. The number of rotatable bonds is 9. The van der Waals surface area contributed by atoms with E-state index in [0.717, 1.165) is 16.9 Å². The molecule has 0 aliphatic carbocycles. The topological polar surface area (TPSA) is 84.5 Å². The van der Waals surface area contributed by atoms with Gasteiger partial charge in [0.05, 0.1) is 12.0 Å². The molecule has 0 aliphatic rings. The third-order valence-corrected chi connectivity index (χ3v) is 5.77. The monoisotopic (exact) mass is 404 g/mol. The summed E-state index contributed by atoms with van der Waals surface area (Å²) in [5.41, 5.74) is 1.87. The van der Waals surface area contributed by atoms with Gasteiger partial charge in [-0.05, 0) is 49.1 Å². The van der Waals surface area contributed by atoms with E-state index in [1.165, 1.54) is 0 Å². The molecule has 0 unspecified atom stereocenters. The first kappa shape index (κ1) is 21.9. The number of hydrogen-bond acceptors (Lipinski definition) is 4. The van der Waals surface area contributed by atoms with Gasteiger partial charge in [-0.15, -0.1) is 0 Å². The van der Waals surface area contributed by atoms with Gasteiger partial charge in [0.2, 0.25) is 15.9 Å². The summed E-state index contributed by atoms with van der Waals surface area (Å²) >= 11 is 0. The first-order chi connectivity index (χ1) is 13.2. The molecule has 2 N–H and O–H groups in total. The van der Waals surface area contributed by atoms with Crippen molar-refractivity contribution in [2.75, 3.05) is 7.11 Å². The first-order valence-electron chi connectivity index (χ1n) is 9.21. The van der Waals surface area contributed by atoms with Gasteiger partial charge in [-0.25, -0.2) is 8.42 Å². The molecule has 2 rings (SSSR count). The molecule has 7 heteroatoms. The van der Waals surface area contributed by atoms with Crippen molar-refractivity contribution < 1.29 is 17.9 Å². The summed E-state index contributed by atoms with van der Waals surface area (Å²) in [5, 5.41) is 2.82. The highest BCUT2D eigenvalue weighted by Crippen LogP contribution is 2.14. The van der Waals surface area contributed by atoms with Gasteiger partial charge in [-0.1, -0.05) is 43.7 Å². The zero-order valence-corrected chi connectivity index (χ0v) is 17.5. The molecule has 28 heavy (non-hydrogen) atoms. The van der Waals surface area contributed by atoms with E-state index >= 15 is 0 Å². The van der Waals surface area contributed by atoms with E-state index in [0.29, 0.717) is 13.0 Å². The number of aryl methyl sites for hydroxylation is 1. The van der Waals surface area contributed by atoms with Crippen LogP contribution in [0, 0.1) is 12.8 Å². The zero-order valence-electron chi connectivity index (χ0n) is 16.7. The summed E-state index contributed by atoms with van der Waals surface area (Å²) in [7, 11) is -2.20. The number of ether oxygens (including phenoxy) is 1. The molecule has 152 valence electrons. The van der Waals surface area contributed by atoms with E-state index in [-0.39, 0.29) is 16.7 Å². The maximum atomic E-state index is 12.7. The van der Waals surface area contributed by atoms with Crippen LogP contribution < -0.4 is 14.8 Å². The first-order valence-corrected chi connectivity index (χ1v) is 10.7. The van der Waals surface area contributed by atoms with Gasteiger partial charge >= 0.3 is 0 Å². The summed E-state index contributed by atoms with van der Waals surface area (Å²) in [6.45, 7) is 6.09. The van der Waals surface area contributed by atoms with Crippen LogP contribution in [0.2, 0.25) is 0 Å². The highest BCUT2D eigenvalue weighted by Gasteiger charge is 2.26. The van der Waals surface area contributed by atoms with E-state index in [1.807, 2.05) is 45.0 Å². The van der Waals surface area contributed by atoms with E-state index < -0.39 is 16.1 Å². The number of methoxy groups -OCH3 is 1. The van der Waals surface area contributed by atoms with E-state index in [2.05, 4.69) is 10.0 Å². The number of hydrogen-bond donors (Lipinski definition) is 2. The molecular formula is C21H28N2O4S. The third-order valence-electron chi connectivity index (χ3n) is 4.28. The Hall–Kier alpha value is -2.38. The van der Waals surface area contributed by atoms with Crippen molar-refractivity contribution in [1.82, 2.24) is 10.0 Å². The Morgan fingerprint density at radius 3 is 2.18 bits per heavy atom. The SMILES string of the molecule is COc1ccc(CNC(=O)[C@H](CC(C)C)NS(=O)(=O)c2ccc(C)cc2)cc1. The van der Waals surface area contributed by atoms with Gasteiger partial charge < -0.3 is 10.1 Å². The highest BCUT2D eigenvalue weighted by molar-refractivity contribution is 7.89. The number of carbonyl (C=O) groups is 1. The lowest BCUT2D eigenvalue weighted by atomic mass is 10.0. The van der Waals surface area contributed by atoms with Crippen LogP contribution in [-0.2, 0) is 21.4 Å². The van der Waals surface area contributed by atoms with Crippen molar-refractivity contribution >= 4 is 15.9 Å². The second-order valence-electron chi connectivity index (χ2n) is 7.18. The average Bonchev–Trinajstić information content (AvgIpc) is 2.65. The van der Waals surface area contributed by atoms with Crippen LogP contribution >= 0.6 is 0 Å². The minimum Gasteiger partial charge on any atom is -0.497 e. The second-order valence-corrected chi connectivity index (χ2v) is 8.90. The standard InChI is InChI=1S/C21H28N2O4S/c1-15(2)13-20(23-28(25,26)19-11-5-16(3)6-12-19)21(24)22-14-17-7-9-18(27-4)10-8-17/h5-12,15,20,23H,13-14H2,1-4H3,(H,22,24)/t20-/m0/s1. The molecule has 1 atom stereocenters. The van der Waals surface area contributed by atoms with Crippen LogP contribution in [0.3, 0.4) is 0 Å². The van der Waals surface area contributed by atoms with Crippen LogP contribution in [0.5, 0.6) is 5.75 Å². The Morgan fingerprint density at radius 1 is 1.04 bits per heavy atom. The van der Waals surface area contributed by atoms with Crippen molar-refractivity contribution in [3.63, 3.8) is 0 Å². The van der Waals surface area contributed by atoms with Gasteiger partial charge in [-0.3, -0.25) is 4.79 Å². The second kappa shape index (κ2) is 9.71. The van der Waals surface area contributed by atoms with Crippen LogP contribution in [0.1, 0.15) is 31.4 Å². The predicted octanol–water partition coefficient (Wildman–Crippen LogP) is 3.01. The Bertz CT molecular complexity index is 876. The summed E-state index contributed by atoms with van der Waals surface area (Å²) in [5.74, 6) is 0.538. The van der Waals surface area contributed by atoms with Crippen molar-refractivity contribution in [2.24, 2.45) is 5.92 Å². The summed E-state index contributed by atoms with van der Waals surface area (Å²) in [4.78, 5) is 12.8. The zero-order chi connectivity index (χ0) is 20.7. The number of sulfonamides is 1. The summed E-state index contributed by atoms with van der Waals surface area (Å²) < 4.78 is 33.0. The number of amides is 1. The molecule has 0 heterocycles. The van der Waals surface area contributed by atoms with Gasteiger partial charge in [0.25, 0.3) is 0 Å². The third kappa shape index (κ3) is 6.35. The molecule has 0 spiro atoms. The van der Waals surface area contributed by atoms with Crippen LogP contribution in [-0.4, -0.2) is 27.5 Å². The van der Waals surface area contributed by atoms with E-state index in [4.69, 9.17) is 4.74 Å². The molecular weight excluding hydrogens is 376 g/mol. The number of benzene rings is 2. The van der Waals surface area contributed by atoms with Gasteiger partial charge in [0.15, 0.2) is 0 Å². The molecule has 0 saturated carbocycles. The number of carbonyl (C=O) groups excluding carboxylic acids is 1. The lowest BCUT2D eigenvalue weighted by Crippen LogP contribution is -2.47. The molecule has 0 bridgehead atoms. The Balaban J connectivity index is 2.08. The maximum Gasteiger partial charge on any atom is 0.241 e. The van der Waals surface area contributed by atoms with E-state index in [9.17, 15) is 13.2 Å². The summed E-state index contributed by atoms with van der Waals surface area (Å²) in [6, 6.07) is 13.0. The highest BCUT2D eigenvalue weighted by atomic mass is 32.2. The van der Waals surface area contributed by atoms with Crippen molar-refractivity contribution in [3.05, 3.63) is 59.7 Å². The maximum absolute atomic E-state index is 12.7. The quantitative estimate of drug-likeness (QED) is 0.673. The van der Waals surface area contributed by atoms with Crippen LogP contribution in [0.25, 0.3) is 0 Å². The van der Waals surface area contributed by atoms with Gasteiger partial charge in [0.1, 0.15) is 11.8 Å². The fourth-order valence-corrected chi connectivity index (χ4v) is 3.92. The fourth-order valence-electron chi connectivity index (χ4n) is 2.71. The lowest BCUT2D eigenvalue weighted by molar-refractivity contribution is -0.123. The predicted molar refractivity (Wildman–Crippen MR) is 110 cm³/mol. The van der Waals surface area contributed by atoms with E-state index in [1.54, 1.807) is 31.4 Å². The van der Waals surface area contributed by atoms with Crippen molar-refractivity contribution in [1.29, 1.82) is 0 Å². The lowest BCUT2D eigenvalue weighted by Gasteiger charge is -2.20. The minimum atomic E-state index is -3.79. The normalized spacial score (nSPS) is 12.6. The fraction of sp³-hybridized carbons (Fsp3) is 0.381. The molecule has 0 saturated heterocycles. The van der Waals surface area contributed by atoms with Crippen LogP contribution in [0.15, 0.2) is 53.4 Å². The molecule has 1 amide bonds. The smallest absolute Gasteiger partial charge is 0.241 e. The Labute approximate surface area is 167 Å². The molecule has 2 aromatic carbocycles. The Kier molecular flexibility index (Phi) is 7.60. The largest absolute Gasteiger partial charge is 0.497 e. The molecule has 6 nitrogen and oxygen atoms in total. The molecule has 0 aliphatic heterocycles.